The van der Waals surface area contributed by atoms with Crippen LogP contribution in [0.2, 0.25) is 5.02 Å². The maximum absolute atomic E-state index is 11.7. The second-order valence-electron chi connectivity index (χ2n) is 3.10. The monoisotopic (exact) mass is 260 g/mol. The Labute approximate surface area is 98.1 Å². The minimum atomic E-state index is -3.72. The zero-order valence-corrected chi connectivity index (χ0v) is 9.92. The minimum Gasteiger partial charge on any atom is -0.478 e. The van der Waals surface area contributed by atoms with Crippen LogP contribution in [-0.2, 0) is 14.6 Å². The van der Waals surface area contributed by atoms with Gasteiger partial charge < -0.3 is 5.11 Å². The van der Waals surface area contributed by atoms with E-state index in [2.05, 4.69) is 0 Å². The van der Waals surface area contributed by atoms with Gasteiger partial charge in [-0.05, 0) is 31.2 Å². The highest BCUT2D eigenvalue weighted by atomic mass is 35.5. The van der Waals surface area contributed by atoms with Crippen LogP contribution in [0, 0.1) is 0 Å². The third-order valence-corrected chi connectivity index (χ3v) is 3.66. The van der Waals surface area contributed by atoms with E-state index in [-0.39, 0.29) is 10.5 Å². The van der Waals surface area contributed by atoms with Crippen LogP contribution in [0.25, 0.3) is 0 Å². The number of halogens is 1. The van der Waals surface area contributed by atoms with E-state index in [1.807, 2.05) is 0 Å². The van der Waals surface area contributed by atoms with E-state index in [0.29, 0.717) is 5.02 Å². The Morgan fingerprint density at radius 3 is 2.25 bits per heavy atom. The predicted molar refractivity (Wildman–Crippen MR) is 60.0 cm³/mol. The number of carboxylic acid groups (broad SMARTS) is 1. The molecule has 6 heteroatoms. The molecule has 0 fully saturated rings. The van der Waals surface area contributed by atoms with Gasteiger partial charge in [-0.15, -0.1) is 0 Å². The molecule has 86 valence electrons. The van der Waals surface area contributed by atoms with Crippen molar-refractivity contribution in [3.05, 3.63) is 40.3 Å². The minimum absolute atomic E-state index is 0.0116. The third-order valence-electron chi connectivity index (χ3n) is 1.81. The van der Waals surface area contributed by atoms with Crippen LogP contribution in [0.4, 0.5) is 0 Å². The van der Waals surface area contributed by atoms with E-state index in [4.69, 9.17) is 16.7 Å². The first-order chi connectivity index (χ1) is 7.33. The van der Waals surface area contributed by atoms with Crippen LogP contribution in [0.3, 0.4) is 0 Å². The van der Waals surface area contributed by atoms with Crippen molar-refractivity contribution in [3.63, 3.8) is 0 Å². The first-order valence-electron chi connectivity index (χ1n) is 4.25. The summed E-state index contributed by atoms with van der Waals surface area (Å²) in [5.41, 5.74) is -0.241. The van der Waals surface area contributed by atoms with Crippen LogP contribution in [-0.4, -0.2) is 19.5 Å². The van der Waals surface area contributed by atoms with Crippen molar-refractivity contribution in [1.82, 2.24) is 0 Å². The SMILES string of the molecule is CC(=CS(=O)(=O)c1ccc(Cl)cc1)C(=O)O. The van der Waals surface area contributed by atoms with Crippen LogP contribution in [0.1, 0.15) is 6.92 Å². The summed E-state index contributed by atoms with van der Waals surface area (Å²) in [6.45, 7) is 1.22. The van der Waals surface area contributed by atoms with Crippen molar-refractivity contribution in [3.8, 4) is 0 Å². The van der Waals surface area contributed by atoms with E-state index in [9.17, 15) is 13.2 Å². The summed E-state index contributed by atoms with van der Waals surface area (Å²) in [7, 11) is -3.72. The van der Waals surface area contributed by atoms with Crippen molar-refractivity contribution in [2.75, 3.05) is 0 Å². The number of hydrogen-bond acceptors (Lipinski definition) is 3. The van der Waals surface area contributed by atoms with Crippen molar-refractivity contribution in [2.45, 2.75) is 11.8 Å². The lowest BCUT2D eigenvalue weighted by Crippen LogP contribution is -2.02. The molecule has 0 bridgehead atoms. The fraction of sp³-hybridized carbons (Fsp3) is 0.100. The van der Waals surface area contributed by atoms with E-state index >= 15 is 0 Å². The molecule has 0 amide bonds. The summed E-state index contributed by atoms with van der Waals surface area (Å²) < 4.78 is 23.4. The quantitative estimate of drug-likeness (QED) is 0.845. The molecule has 1 aromatic carbocycles. The van der Waals surface area contributed by atoms with Gasteiger partial charge in [0, 0.05) is 16.0 Å². The molecule has 0 saturated carbocycles. The summed E-state index contributed by atoms with van der Waals surface area (Å²) >= 11 is 5.61. The van der Waals surface area contributed by atoms with Gasteiger partial charge in [0.1, 0.15) is 0 Å². The van der Waals surface area contributed by atoms with Crippen LogP contribution >= 0.6 is 11.6 Å². The Balaban J connectivity index is 3.18. The lowest BCUT2D eigenvalue weighted by molar-refractivity contribution is -0.132. The van der Waals surface area contributed by atoms with Crippen molar-refractivity contribution in [2.24, 2.45) is 0 Å². The fourth-order valence-electron chi connectivity index (χ4n) is 0.975. The molecular weight excluding hydrogens is 252 g/mol. The van der Waals surface area contributed by atoms with Gasteiger partial charge in [0.25, 0.3) is 0 Å². The second-order valence-corrected chi connectivity index (χ2v) is 5.34. The highest BCUT2D eigenvalue weighted by Gasteiger charge is 2.13. The number of sulfone groups is 1. The second kappa shape index (κ2) is 4.67. The number of carbonyl (C=O) groups is 1. The summed E-state index contributed by atoms with van der Waals surface area (Å²) in [6, 6.07) is 5.50. The standard InChI is InChI=1S/C10H9ClO4S/c1-7(10(12)13)6-16(14,15)9-4-2-8(11)3-5-9/h2-6H,1H3,(H,12,13). The molecule has 0 spiro atoms. The molecule has 1 rings (SSSR count). The van der Waals surface area contributed by atoms with Crippen molar-refractivity contribution >= 4 is 27.4 Å². The summed E-state index contributed by atoms with van der Waals surface area (Å²) in [6.07, 6.45) is 0. The van der Waals surface area contributed by atoms with Crippen LogP contribution < -0.4 is 0 Å². The lowest BCUT2D eigenvalue weighted by Gasteiger charge is -2.00. The molecule has 0 radical (unpaired) electrons. The topological polar surface area (TPSA) is 71.4 Å². The average molecular weight is 261 g/mol. The van der Waals surface area contributed by atoms with Crippen LogP contribution in [0.15, 0.2) is 40.1 Å². The average Bonchev–Trinajstić information content (AvgIpc) is 2.17. The maximum Gasteiger partial charge on any atom is 0.331 e. The smallest absolute Gasteiger partial charge is 0.331 e. The van der Waals surface area contributed by atoms with E-state index in [1.165, 1.54) is 31.2 Å². The Kier molecular flexibility index (Phi) is 3.72. The Morgan fingerprint density at radius 1 is 1.31 bits per heavy atom. The van der Waals surface area contributed by atoms with Gasteiger partial charge in [-0.25, -0.2) is 13.2 Å². The van der Waals surface area contributed by atoms with Gasteiger partial charge in [-0.1, -0.05) is 11.6 Å². The molecule has 0 saturated heterocycles. The normalized spacial score (nSPS) is 12.5. The number of carboxylic acids is 1. The molecule has 0 heterocycles. The van der Waals surface area contributed by atoms with Gasteiger partial charge in [0.2, 0.25) is 0 Å². The number of rotatable bonds is 3. The molecule has 4 nitrogen and oxygen atoms in total. The van der Waals surface area contributed by atoms with Crippen molar-refractivity contribution in [1.29, 1.82) is 0 Å². The predicted octanol–water partition coefficient (Wildman–Crippen LogP) is 2.10. The molecule has 0 aliphatic carbocycles. The summed E-state index contributed by atoms with van der Waals surface area (Å²) in [4.78, 5) is 10.5. The highest BCUT2D eigenvalue weighted by molar-refractivity contribution is 7.94. The largest absolute Gasteiger partial charge is 0.478 e. The molecular formula is C10H9ClO4S. The molecule has 0 atom stereocenters. The Bertz CT molecular complexity index is 528. The van der Waals surface area contributed by atoms with E-state index in [1.54, 1.807) is 0 Å². The molecule has 0 unspecified atom stereocenters. The fourth-order valence-corrected chi connectivity index (χ4v) is 2.32. The van der Waals surface area contributed by atoms with Gasteiger partial charge in [-0.2, -0.15) is 0 Å². The van der Waals surface area contributed by atoms with E-state index in [0.717, 1.165) is 5.41 Å². The number of aliphatic carboxylic acids is 1. The maximum atomic E-state index is 11.7. The molecule has 0 aliphatic rings. The number of hydrogen-bond donors (Lipinski definition) is 1. The van der Waals surface area contributed by atoms with Gasteiger partial charge in [0.05, 0.1) is 4.90 Å². The van der Waals surface area contributed by atoms with Gasteiger partial charge in [0.15, 0.2) is 9.84 Å². The molecule has 0 aromatic heterocycles. The Morgan fingerprint density at radius 2 is 1.81 bits per heavy atom. The van der Waals surface area contributed by atoms with Gasteiger partial charge in [-0.3, -0.25) is 0 Å². The lowest BCUT2D eigenvalue weighted by atomic mass is 10.4. The van der Waals surface area contributed by atoms with Gasteiger partial charge >= 0.3 is 5.97 Å². The first kappa shape index (κ1) is 12.7. The zero-order valence-electron chi connectivity index (χ0n) is 8.34. The molecule has 1 aromatic rings. The van der Waals surface area contributed by atoms with E-state index < -0.39 is 15.8 Å². The number of benzene rings is 1. The molecule has 0 aliphatic heterocycles. The molecule has 1 N–H and O–H groups in total. The highest BCUT2D eigenvalue weighted by Crippen LogP contribution is 2.17. The summed E-state index contributed by atoms with van der Waals surface area (Å²) in [5, 5.41) is 9.72. The third kappa shape index (κ3) is 3.08. The summed E-state index contributed by atoms with van der Waals surface area (Å²) in [5.74, 6) is -1.27. The van der Waals surface area contributed by atoms with Crippen LogP contribution in [0.5, 0.6) is 0 Å². The zero-order chi connectivity index (χ0) is 12.3. The first-order valence-corrected chi connectivity index (χ1v) is 6.17. The Hall–Kier alpha value is -1.33. The molecule has 16 heavy (non-hydrogen) atoms. The van der Waals surface area contributed by atoms with Crippen molar-refractivity contribution < 1.29 is 18.3 Å².